The van der Waals surface area contributed by atoms with Crippen molar-refractivity contribution in [2.45, 2.75) is 46.1 Å². The fourth-order valence-corrected chi connectivity index (χ4v) is 2.69. The number of allylic oxidation sites excluding steroid dienone is 1. The molecular formula is C13H21NO. The molecule has 2 heteroatoms. The standard InChI is InChI=1S/C13H21NO/c1-13(2,3)8-12(15)14-11-7-9-4-5-10(11)6-9/h4-5,9-11H,6-8H2,1-3H3,(H,14,15). The molecule has 3 atom stereocenters. The van der Waals surface area contributed by atoms with E-state index in [2.05, 4.69) is 38.2 Å². The molecule has 0 aromatic rings. The van der Waals surface area contributed by atoms with Crippen LogP contribution in [0, 0.1) is 17.3 Å². The molecule has 2 rings (SSSR count). The first kappa shape index (κ1) is 10.7. The van der Waals surface area contributed by atoms with Crippen molar-refractivity contribution in [2.75, 3.05) is 0 Å². The smallest absolute Gasteiger partial charge is 0.220 e. The summed E-state index contributed by atoms with van der Waals surface area (Å²) in [5, 5.41) is 3.18. The molecule has 0 aromatic carbocycles. The number of nitrogens with one attached hydrogen (secondary N) is 1. The Morgan fingerprint density at radius 2 is 2.07 bits per heavy atom. The topological polar surface area (TPSA) is 29.1 Å². The zero-order chi connectivity index (χ0) is 11.1. The van der Waals surface area contributed by atoms with E-state index in [1.54, 1.807) is 0 Å². The minimum Gasteiger partial charge on any atom is -0.353 e. The number of hydrogen-bond acceptors (Lipinski definition) is 1. The summed E-state index contributed by atoms with van der Waals surface area (Å²) in [7, 11) is 0. The Kier molecular flexibility index (Phi) is 2.61. The van der Waals surface area contributed by atoms with Gasteiger partial charge in [0.2, 0.25) is 5.91 Å². The van der Waals surface area contributed by atoms with E-state index in [9.17, 15) is 4.79 Å². The predicted octanol–water partition coefficient (Wildman–Crippen LogP) is 2.50. The molecule has 2 bridgehead atoms. The summed E-state index contributed by atoms with van der Waals surface area (Å²) < 4.78 is 0. The van der Waals surface area contributed by atoms with Crippen LogP contribution in [0.1, 0.15) is 40.0 Å². The van der Waals surface area contributed by atoms with Crippen LogP contribution in [0.4, 0.5) is 0 Å². The van der Waals surface area contributed by atoms with Gasteiger partial charge in [-0.1, -0.05) is 32.9 Å². The second kappa shape index (κ2) is 3.66. The van der Waals surface area contributed by atoms with E-state index in [-0.39, 0.29) is 11.3 Å². The largest absolute Gasteiger partial charge is 0.353 e. The number of amides is 1. The number of carbonyl (C=O) groups is 1. The van der Waals surface area contributed by atoms with E-state index in [4.69, 9.17) is 0 Å². The first-order valence-electron chi connectivity index (χ1n) is 5.92. The lowest BCUT2D eigenvalue weighted by molar-refractivity contribution is -0.123. The normalized spacial score (nSPS) is 33.4. The molecule has 84 valence electrons. The average molecular weight is 207 g/mol. The van der Waals surface area contributed by atoms with Crippen molar-refractivity contribution in [3.05, 3.63) is 12.2 Å². The molecule has 1 amide bonds. The van der Waals surface area contributed by atoms with Crippen LogP contribution in [-0.4, -0.2) is 11.9 Å². The Labute approximate surface area is 92.1 Å². The number of fused-ring (bicyclic) bond motifs is 2. The van der Waals surface area contributed by atoms with Gasteiger partial charge in [0.15, 0.2) is 0 Å². The molecule has 3 unspecified atom stereocenters. The lowest BCUT2D eigenvalue weighted by Gasteiger charge is -2.23. The minimum atomic E-state index is 0.0948. The Balaban J connectivity index is 1.83. The monoisotopic (exact) mass is 207 g/mol. The van der Waals surface area contributed by atoms with Crippen LogP contribution in [-0.2, 0) is 4.79 Å². The summed E-state index contributed by atoms with van der Waals surface area (Å²) in [5.41, 5.74) is 0.0948. The van der Waals surface area contributed by atoms with Gasteiger partial charge in [0.1, 0.15) is 0 Å². The van der Waals surface area contributed by atoms with E-state index in [1.165, 1.54) is 6.42 Å². The molecule has 0 aromatic heterocycles. The fraction of sp³-hybridized carbons (Fsp3) is 0.769. The Morgan fingerprint density at radius 3 is 2.53 bits per heavy atom. The van der Waals surface area contributed by atoms with Gasteiger partial charge < -0.3 is 5.32 Å². The molecule has 0 heterocycles. The van der Waals surface area contributed by atoms with Gasteiger partial charge >= 0.3 is 0 Å². The second-order valence-corrected chi connectivity index (χ2v) is 6.19. The highest BCUT2D eigenvalue weighted by Gasteiger charge is 2.36. The maximum absolute atomic E-state index is 11.8. The second-order valence-electron chi connectivity index (χ2n) is 6.19. The zero-order valence-electron chi connectivity index (χ0n) is 9.92. The van der Waals surface area contributed by atoms with Crippen molar-refractivity contribution >= 4 is 5.91 Å². The third-order valence-corrected chi connectivity index (χ3v) is 3.32. The molecule has 2 aliphatic rings. The van der Waals surface area contributed by atoms with Gasteiger partial charge in [-0.15, -0.1) is 0 Å². The lowest BCUT2D eigenvalue weighted by Crippen LogP contribution is -2.39. The van der Waals surface area contributed by atoms with Crippen LogP contribution in [0.25, 0.3) is 0 Å². The van der Waals surface area contributed by atoms with Crippen LogP contribution in [0.2, 0.25) is 0 Å². The highest BCUT2D eigenvalue weighted by Crippen LogP contribution is 2.39. The number of rotatable bonds is 2. The van der Waals surface area contributed by atoms with E-state index < -0.39 is 0 Å². The Bertz CT molecular complexity index is 287. The van der Waals surface area contributed by atoms with Crippen LogP contribution in [0.3, 0.4) is 0 Å². The molecule has 0 spiro atoms. The van der Waals surface area contributed by atoms with Gasteiger partial charge in [-0.05, 0) is 30.1 Å². The third-order valence-electron chi connectivity index (χ3n) is 3.32. The van der Waals surface area contributed by atoms with Gasteiger partial charge in [0.05, 0.1) is 0 Å². The molecule has 1 fully saturated rings. The molecule has 0 saturated heterocycles. The first-order valence-corrected chi connectivity index (χ1v) is 5.92. The lowest BCUT2D eigenvalue weighted by atomic mass is 9.91. The molecule has 2 nitrogen and oxygen atoms in total. The van der Waals surface area contributed by atoms with Crippen LogP contribution < -0.4 is 5.32 Å². The molecule has 0 radical (unpaired) electrons. The maximum atomic E-state index is 11.8. The summed E-state index contributed by atoms with van der Waals surface area (Å²) in [6.07, 6.45) is 7.61. The SMILES string of the molecule is CC(C)(C)CC(=O)NC1CC2C=CC1C2. The van der Waals surface area contributed by atoms with E-state index in [0.717, 1.165) is 12.3 Å². The highest BCUT2D eigenvalue weighted by atomic mass is 16.1. The quantitative estimate of drug-likeness (QED) is 0.693. The van der Waals surface area contributed by atoms with E-state index in [0.29, 0.717) is 18.4 Å². The molecule has 15 heavy (non-hydrogen) atoms. The molecule has 1 N–H and O–H groups in total. The summed E-state index contributed by atoms with van der Waals surface area (Å²) in [6.45, 7) is 6.31. The van der Waals surface area contributed by atoms with Crippen LogP contribution >= 0.6 is 0 Å². The fourth-order valence-electron chi connectivity index (χ4n) is 2.69. The van der Waals surface area contributed by atoms with Gasteiger partial charge in [-0.3, -0.25) is 4.79 Å². The van der Waals surface area contributed by atoms with Crippen molar-refractivity contribution in [1.29, 1.82) is 0 Å². The Morgan fingerprint density at radius 1 is 1.33 bits per heavy atom. The molecule has 0 aliphatic heterocycles. The van der Waals surface area contributed by atoms with Gasteiger partial charge in [-0.25, -0.2) is 0 Å². The third kappa shape index (κ3) is 2.61. The molecule has 1 saturated carbocycles. The van der Waals surface area contributed by atoms with E-state index >= 15 is 0 Å². The maximum Gasteiger partial charge on any atom is 0.220 e. The minimum absolute atomic E-state index is 0.0948. The first-order chi connectivity index (χ1) is 6.94. The number of carbonyl (C=O) groups excluding carboxylic acids is 1. The van der Waals surface area contributed by atoms with Crippen molar-refractivity contribution in [2.24, 2.45) is 17.3 Å². The van der Waals surface area contributed by atoms with Crippen LogP contribution in [0.5, 0.6) is 0 Å². The zero-order valence-corrected chi connectivity index (χ0v) is 9.92. The van der Waals surface area contributed by atoms with Crippen molar-refractivity contribution < 1.29 is 4.79 Å². The van der Waals surface area contributed by atoms with Crippen LogP contribution in [0.15, 0.2) is 12.2 Å². The molecule has 2 aliphatic carbocycles. The summed E-state index contributed by atoms with van der Waals surface area (Å²) in [4.78, 5) is 11.8. The van der Waals surface area contributed by atoms with Gasteiger partial charge in [0, 0.05) is 12.5 Å². The van der Waals surface area contributed by atoms with Crippen molar-refractivity contribution in [3.8, 4) is 0 Å². The van der Waals surface area contributed by atoms with Crippen molar-refractivity contribution in [3.63, 3.8) is 0 Å². The summed E-state index contributed by atoms with van der Waals surface area (Å²) in [5.74, 6) is 1.56. The Hall–Kier alpha value is -0.790. The van der Waals surface area contributed by atoms with Crippen molar-refractivity contribution in [1.82, 2.24) is 5.32 Å². The van der Waals surface area contributed by atoms with E-state index in [1.807, 2.05) is 0 Å². The van der Waals surface area contributed by atoms with Gasteiger partial charge in [0.25, 0.3) is 0 Å². The predicted molar refractivity (Wildman–Crippen MR) is 61.4 cm³/mol. The number of hydrogen-bond donors (Lipinski definition) is 1. The average Bonchev–Trinajstić information content (AvgIpc) is 2.60. The van der Waals surface area contributed by atoms with Gasteiger partial charge in [-0.2, -0.15) is 0 Å². The molecular weight excluding hydrogens is 186 g/mol. The summed E-state index contributed by atoms with van der Waals surface area (Å²) >= 11 is 0. The highest BCUT2D eigenvalue weighted by molar-refractivity contribution is 5.77. The summed E-state index contributed by atoms with van der Waals surface area (Å²) in [6, 6.07) is 0.412.